The Kier molecular flexibility index (Phi) is 3.19. The van der Waals surface area contributed by atoms with Crippen molar-refractivity contribution in [1.29, 1.82) is 0 Å². The Morgan fingerprint density at radius 3 is 3.25 bits per heavy atom. The van der Waals surface area contributed by atoms with E-state index in [0.717, 1.165) is 22.4 Å². The molecule has 0 saturated heterocycles. The van der Waals surface area contributed by atoms with Gasteiger partial charge >= 0.3 is 0 Å². The first-order valence-corrected chi connectivity index (χ1v) is 6.05. The monoisotopic (exact) mass is 234 g/mol. The van der Waals surface area contributed by atoms with Gasteiger partial charge in [-0.2, -0.15) is 0 Å². The van der Waals surface area contributed by atoms with Crippen LogP contribution >= 0.6 is 11.3 Å². The van der Waals surface area contributed by atoms with E-state index in [1.165, 1.54) is 0 Å². The van der Waals surface area contributed by atoms with Gasteiger partial charge in [0, 0.05) is 30.6 Å². The van der Waals surface area contributed by atoms with Gasteiger partial charge in [-0.15, -0.1) is 11.3 Å². The summed E-state index contributed by atoms with van der Waals surface area (Å²) in [7, 11) is 1.76. The predicted octanol–water partition coefficient (Wildman–Crippen LogP) is 2.22. The summed E-state index contributed by atoms with van der Waals surface area (Å²) in [6.07, 6.45) is 2.75. The van der Waals surface area contributed by atoms with Crippen LogP contribution in [0.15, 0.2) is 28.6 Å². The topological polar surface area (TPSA) is 41.5 Å². The highest BCUT2D eigenvalue weighted by Gasteiger charge is 2.22. The maximum absolute atomic E-state index is 11.8. The number of nitrogens with zero attached hydrogens (tertiary/aromatic N) is 1. The zero-order chi connectivity index (χ0) is 11.5. The number of hydrogen-bond acceptors (Lipinski definition) is 3. The number of rotatable bonds is 1. The van der Waals surface area contributed by atoms with E-state index in [1.54, 1.807) is 18.4 Å². The molecule has 3 nitrogen and oxygen atoms in total. The van der Waals surface area contributed by atoms with Gasteiger partial charge in [-0.25, -0.2) is 0 Å². The summed E-state index contributed by atoms with van der Waals surface area (Å²) in [6, 6.07) is 1.87. The fourth-order valence-electron chi connectivity index (χ4n) is 1.87. The average Bonchev–Trinajstić information content (AvgIpc) is 2.72. The third-order valence-corrected chi connectivity index (χ3v) is 3.66. The lowest BCUT2D eigenvalue weighted by Gasteiger charge is -2.18. The predicted molar refractivity (Wildman–Crippen MR) is 67.6 cm³/mol. The molecule has 4 heteroatoms. The number of amides is 1. The van der Waals surface area contributed by atoms with E-state index in [0.29, 0.717) is 6.54 Å². The largest absolute Gasteiger partial charge is 0.348 e. The first-order valence-electron chi connectivity index (χ1n) is 5.17. The SMILES string of the molecule is C=C1CNC(=O)c2ccsc2C(C=NC)C1. The normalized spacial score (nSPS) is 21.4. The zero-order valence-electron chi connectivity index (χ0n) is 9.19. The molecular weight excluding hydrogens is 220 g/mol. The van der Waals surface area contributed by atoms with Crippen LogP contribution in [0.2, 0.25) is 0 Å². The molecule has 0 aliphatic carbocycles. The van der Waals surface area contributed by atoms with Gasteiger partial charge in [0.25, 0.3) is 5.91 Å². The molecule has 1 amide bonds. The fraction of sp³-hybridized carbons (Fsp3) is 0.333. The van der Waals surface area contributed by atoms with Crippen LogP contribution in [0.4, 0.5) is 0 Å². The average molecular weight is 234 g/mol. The van der Waals surface area contributed by atoms with Gasteiger partial charge < -0.3 is 10.3 Å². The van der Waals surface area contributed by atoms with E-state index >= 15 is 0 Å². The fourth-order valence-corrected chi connectivity index (χ4v) is 2.83. The molecule has 2 heterocycles. The summed E-state index contributed by atoms with van der Waals surface area (Å²) in [4.78, 5) is 17.0. The first-order chi connectivity index (χ1) is 7.72. The molecule has 0 saturated carbocycles. The summed E-state index contributed by atoms with van der Waals surface area (Å²) in [5, 5.41) is 4.82. The van der Waals surface area contributed by atoms with E-state index in [2.05, 4.69) is 16.9 Å². The Bertz CT molecular complexity index is 448. The lowest BCUT2D eigenvalue weighted by atomic mass is 9.95. The summed E-state index contributed by atoms with van der Waals surface area (Å²) in [5.74, 6) is 0.185. The molecule has 1 aromatic heterocycles. The molecule has 1 aliphatic rings. The highest BCUT2D eigenvalue weighted by molar-refractivity contribution is 7.10. The Hall–Kier alpha value is -1.42. The Morgan fingerprint density at radius 2 is 2.50 bits per heavy atom. The van der Waals surface area contributed by atoms with Crippen LogP contribution in [-0.4, -0.2) is 25.7 Å². The van der Waals surface area contributed by atoms with Crippen LogP contribution in [-0.2, 0) is 0 Å². The smallest absolute Gasteiger partial charge is 0.252 e. The van der Waals surface area contributed by atoms with Crippen molar-refractivity contribution in [3.8, 4) is 0 Å². The summed E-state index contributed by atoms with van der Waals surface area (Å²) < 4.78 is 0. The molecule has 0 fully saturated rings. The van der Waals surface area contributed by atoms with Gasteiger partial charge in [-0.05, 0) is 17.9 Å². The van der Waals surface area contributed by atoms with Crippen LogP contribution in [0.1, 0.15) is 27.6 Å². The molecule has 0 aromatic carbocycles. The second-order valence-corrected chi connectivity index (χ2v) is 4.80. The molecule has 1 aliphatic heterocycles. The van der Waals surface area contributed by atoms with Crippen LogP contribution in [0.25, 0.3) is 0 Å². The number of carbonyl (C=O) groups is 1. The number of aliphatic imine (C=N–C) groups is 1. The standard InChI is InChI=1S/C12H14N2OS/c1-8-5-9(7-13-2)11-10(3-4-16-11)12(15)14-6-8/h3-4,7,9H,1,5-6H2,2H3,(H,14,15). The number of fused-ring (bicyclic) bond motifs is 1. The van der Waals surface area contributed by atoms with Crippen LogP contribution in [0.3, 0.4) is 0 Å². The first kappa shape index (κ1) is 11.1. The second kappa shape index (κ2) is 4.61. The van der Waals surface area contributed by atoms with Gasteiger partial charge in [0.05, 0.1) is 5.56 Å². The zero-order valence-corrected chi connectivity index (χ0v) is 10.0. The maximum Gasteiger partial charge on any atom is 0.252 e. The molecule has 0 spiro atoms. The Morgan fingerprint density at radius 1 is 1.69 bits per heavy atom. The van der Waals surface area contributed by atoms with Crippen molar-refractivity contribution >= 4 is 23.5 Å². The maximum atomic E-state index is 11.8. The highest BCUT2D eigenvalue weighted by Crippen LogP contribution is 2.30. The lowest BCUT2D eigenvalue weighted by molar-refractivity contribution is 0.0955. The minimum Gasteiger partial charge on any atom is -0.348 e. The van der Waals surface area contributed by atoms with Gasteiger partial charge in [0.15, 0.2) is 0 Å². The van der Waals surface area contributed by atoms with Crippen LogP contribution in [0.5, 0.6) is 0 Å². The molecule has 1 atom stereocenters. The molecule has 16 heavy (non-hydrogen) atoms. The summed E-state index contributed by atoms with van der Waals surface area (Å²) in [5.41, 5.74) is 1.82. The number of thiophene rings is 1. The Labute approximate surface area is 98.9 Å². The molecule has 0 radical (unpaired) electrons. The van der Waals surface area contributed by atoms with E-state index in [4.69, 9.17) is 0 Å². The van der Waals surface area contributed by atoms with Crippen molar-refractivity contribution in [2.45, 2.75) is 12.3 Å². The van der Waals surface area contributed by atoms with Crippen LogP contribution < -0.4 is 5.32 Å². The molecule has 2 rings (SSSR count). The van der Waals surface area contributed by atoms with Crippen molar-refractivity contribution in [2.75, 3.05) is 13.6 Å². The van der Waals surface area contributed by atoms with Crippen molar-refractivity contribution in [1.82, 2.24) is 5.32 Å². The third-order valence-electron chi connectivity index (χ3n) is 2.61. The molecule has 1 aromatic rings. The quantitative estimate of drug-likeness (QED) is 0.587. The molecule has 1 unspecified atom stereocenters. The van der Waals surface area contributed by atoms with E-state index < -0.39 is 0 Å². The van der Waals surface area contributed by atoms with Crippen molar-refractivity contribution in [2.24, 2.45) is 4.99 Å². The number of carbonyl (C=O) groups excluding carboxylic acids is 1. The number of nitrogens with one attached hydrogen (secondary N) is 1. The molecule has 0 bridgehead atoms. The van der Waals surface area contributed by atoms with Crippen LogP contribution in [0, 0.1) is 0 Å². The third kappa shape index (κ3) is 2.07. The minimum absolute atomic E-state index is 0.00777. The summed E-state index contributed by atoms with van der Waals surface area (Å²) >= 11 is 1.61. The van der Waals surface area contributed by atoms with Crippen molar-refractivity contribution in [3.05, 3.63) is 34.0 Å². The lowest BCUT2D eigenvalue weighted by Crippen LogP contribution is -2.29. The number of hydrogen-bond donors (Lipinski definition) is 1. The van der Waals surface area contributed by atoms with E-state index in [-0.39, 0.29) is 11.8 Å². The second-order valence-electron chi connectivity index (χ2n) is 3.85. The highest BCUT2D eigenvalue weighted by atomic mass is 32.1. The van der Waals surface area contributed by atoms with Crippen molar-refractivity contribution < 1.29 is 4.79 Å². The van der Waals surface area contributed by atoms with Gasteiger partial charge in [-0.3, -0.25) is 4.79 Å². The van der Waals surface area contributed by atoms with E-state index in [1.807, 2.05) is 17.7 Å². The molecule has 1 N–H and O–H groups in total. The molecular formula is C12H14N2OS. The van der Waals surface area contributed by atoms with Gasteiger partial charge in [0.1, 0.15) is 0 Å². The van der Waals surface area contributed by atoms with Gasteiger partial charge in [-0.1, -0.05) is 12.2 Å². The van der Waals surface area contributed by atoms with E-state index in [9.17, 15) is 4.79 Å². The minimum atomic E-state index is -0.00777. The van der Waals surface area contributed by atoms with Gasteiger partial charge in [0.2, 0.25) is 0 Å². The van der Waals surface area contributed by atoms with Crippen molar-refractivity contribution in [3.63, 3.8) is 0 Å². The summed E-state index contributed by atoms with van der Waals surface area (Å²) in [6.45, 7) is 4.53. The Balaban J connectivity index is 2.43. The molecule has 84 valence electrons.